The van der Waals surface area contributed by atoms with Crippen molar-refractivity contribution in [3.8, 4) is 5.75 Å². The summed E-state index contributed by atoms with van der Waals surface area (Å²) in [5.74, 6) is 1.59. The van der Waals surface area contributed by atoms with Gasteiger partial charge in [-0.3, -0.25) is 4.99 Å². The normalized spacial score (nSPS) is 16.5. The van der Waals surface area contributed by atoms with Crippen LogP contribution in [0, 0.1) is 0 Å². The average molecular weight is 204 g/mol. The van der Waals surface area contributed by atoms with Crippen molar-refractivity contribution in [1.29, 1.82) is 0 Å². The fourth-order valence-corrected chi connectivity index (χ4v) is 1.53. The zero-order chi connectivity index (χ0) is 10.7. The highest BCUT2D eigenvalue weighted by atomic mass is 16.5. The topological polar surface area (TPSA) is 47.6 Å². The number of para-hydroxylation sites is 1. The van der Waals surface area contributed by atoms with Crippen LogP contribution in [0.4, 0.5) is 0 Å². The summed E-state index contributed by atoms with van der Waals surface area (Å²) < 4.78 is 5.26. The Morgan fingerprint density at radius 1 is 1.47 bits per heavy atom. The molecule has 0 atom stereocenters. The Hall–Kier alpha value is -1.51. The summed E-state index contributed by atoms with van der Waals surface area (Å²) in [6.07, 6.45) is 3.06. The van der Waals surface area contributed by atoms with E-state index in [2.05, 4.69) is 4.99 Å². The van der Waals surface area contributed by atoms with Gasteiger partial charge in [-0.1, -0.05) is 18.2 Å². The first kappa shape index (κ1) is 10.0. The molecule has 0 radical (unpaired) electrons. The van der Waals surface area contributed by atoms with E-state index in [1.807, 2.05) is 24.3 Å². The number of benzene rings is 1. The van der Waals surface area contributed by atoms with Crippen LogP contribution in [0.1, 0.15) is 18.4 Å². The van der Waals surface area contributed by atoms with Crippen LogP contribution in [0.15, 0.2) is 29.3 Å². The summed E-state index contributed by atoms with van der Waals surface area (Å²) in [5, 5.41) is 0. The van der Waals surface area contributed by atoms with Crippen molar-refractivity contribution < 1.29 is 4.74 Å². The minimum absolute atomic E-state index is 0.486. The third kappa shape index (κ3) is 2.72. The van der Waals surface area contributed by atoms with Crippen molar-refractivity contribution in [2.45, 2.75) is 25.3 Å². The van der Waals surface area contributed by atoms with Crippen LogP contribution < -0.4 is 10.5 Å². The van der Waals surface area contributed by atoms with E-state index in [-0.39, 0.29) is 0 Å². The molecule has 0 saturated heterocycles. The summed E-state index contributed by atoms with van der Waals surface area (Å²) in [6, 6.07) is 8.40. The summed E-state index contributed by atoms with van der Waals surface area (Å²) in [6.45, 7) is 0. The van der Waals surface area contributed by atoms with Crippen molar-refractivity contribution in [3.05, 3.63) is 29.8 Å². The van der Waals surface area contributed by atoms with Gasteiger partial charge >= 0.3 is 0 Å². The van der Waals surface area contributed by atoms with E-state index in [9.17, 15) is 0 Å². The number of hydrogen-bond acceptors (Lipinski definition) is 2. The maximum atomic E-state index is 5.86. The predicted octanol–water partition coefficient (Wildman–Crippen LogP) is 1.76. The highest BCUT2D eigenvalue weighted by Crippen LogP contribution is 2.24. The smallest absolute Gasteiger partial charge is 0.122 e. The lowest BCUT2D eigenvalue weighted by molar-refractivity contribution is 0.411. The molecule has 1 aliphatic rings. The first-order chi connectivity index (χ1) is 7.29. The van der Waals surface area contributed by atoms with Gasteiger partial charge in [0.15, 0.2) is 0 Å². The maximum absolute atomic E-state index is 5.86. The Labute approximate surface area is 90.0 Å². The van der Waals surface area contributed by atoms with Gasteiger partial charge in [-0.15, -0.1) is 0 Å². The van der Waals surface area contributed by atoms with Crippen LogP contribution >= 0.6 is 0 Å². The van der Waals surface area contributed by atoms with E-state index >= 15 is 0 Å². The second kappa shape index (κ2) is 4.34. The Bertz CT molecular complexity index is 370. The second-order valence-corrected chi connectivity index (χ2v) is 3.84. The molecule has 0 unspecified atom stereocenters. The number of nitrogens with two attached hydrogens (primary N) is 1. The third-order valence-corrected chi connectivity index (χ3v) is 2.46. The van der Waals surface area contributed by atoms with Gasteiger partial charge in [-0.2, -0.15) is 0 Å². The number of nitrogens with zero attached hydrogens (tertiary/aromatic N) is 1. The molecule has 0 bridgehead atoms. The Balaban J connectivity index is 2.08. The van der Waals surface area contributed by atoms with Crippen molar-refractivity contribution in [2.75, 3.05) is 7.11 Å². The molecule has 0 aromatic heterocycles. The SMILES string of the molecule is COc1ccccc1CC(N)=NC1CC1. The summed E-state index contributed by atoms with van der Waals surface area (Å²) >= 11 is 0. The molecule has 2 N–H and O–H groups in total. The molecule has 0 amide bonds. The molecule has 3 heteroatoms. The van der Waals surface area contributed by atoms with Gasteiger partial charge in [0.2, 0.25) is 0 Å². The highest BCUT2D eigenvalue weighted by molar-refractivity contribution is 5.83. The molecule has 0 aliphatic heterocycles. The molecule has 0 spiro atoms. The fourth-order valence-electron chi connectivity index (χ4n) is 1.53. The number of amidine groups is 1. The molecule has 1 fully saturated rings. The Kier molecular flexibility index (Phi) is 2.90. The van der Waals surface area contributed by atoms with Gasteiger partial charge in [-0.25, -0.2) is 0 Å². The first-order valence-electron chi connectivity index (χ1n) is 5.23. The molecule has 2 rings (SSSR count). The van der Waals surface area contributed by atoms with E-state index in [0.717, 1.165) is 11.3 Å². The minimum atomic E-state index is 0.486. The zero-order valence-corrected chi connectivity index (χ0v) is 8.94. The van der Waals surface area contributed by atoms with Crippen LogP contribution in [-0.4, -0.2) is 19.0 Å². The van der Waals surface area contributed by atoms with Gasteiger partial charge in [0.25, 0.3) is 0 Å². The lowest BCUT2D eigenvalue weighted by Gasteiger charge is -2.07. The predicted molar refractivity (Wildman–Crippen MR) is 61.3 cm³/mol. The minimum Gasteiger partial charge on any atom is -0.496 e. The monoisotopic (exact) mass is 204 g/mol. The van der Waals surface area contributed by atoms with Gasteiger partial charge in [0.1, 0.15) is 5.75 Å². The lowest BCUT2D eigenvalue weighted by Crippen LogP contribution is -2.16. The third-order valence-electron chi connectivity index (χ3n) is 2.46. The van der Waals surface area contributed by atoms with E-state index in [4.69, 9.17) is 10.5 Å². The molecule has 3 nitrogen and oxygen atoms in total. The molecule has 80 valence electrons. The van der Waals surface area contributed by atoms with Crippen LogP contribution in [0.5, 0.6) is 5.75 Å². The summed E-state index contributed by atoms with van der Waals surface area (Å²) in [5.41, 5.74) is 6.96. The van der Waals surface area contributed by atoms with Crippen molar-refractivity contribution in [3.63, 3.8) is 0 Å². The molecule has 1 saturated carbocycles. The second-order valence-electron chi connectivity index (χ2n) is 3.84. The maximum Gasteiger partial charge on any atom is 0.122 e. The lowest BCUT2D eigenvalue weighted by atomic mass is 10.1. The number of rotatable bonds is 4. The van der Waals surface area contributed by atoms with Crippen LogP contribution in [-0.2, 0) is 6.42 Å². The molecular formula is C12H16N2O. The van der Waals surface area contributed by atoms with Gasteiger partial charge in [0, 0.05) is 12.0 Å². The number of methoxy groups -OCH3 is 1. The van der Waals surface area contributed by atoms with Gasteiger partial charge in [0.05, 0.1) is 19.0 Å². The Morgan fingerprint density at radius 3 is 2.87 bits per heavy atom. The fraction of sp³-hybridized carbons (Fsp3) is 0.417. The van der Waals surface area contributed by atoms with Crippen LogP contribution in [0.2, 0.25) is 0 Å². The number of ether oxygens (including phenoxy) is 1. The standard InChI is InChI=1S/C12H16N2O/c1-15-11-5-3-2-4-9(11)8-12(13)14-10-6-7-10/h2-5,10H,6-8H2,1H3,(H2,13,14). The van der Waals surface area contributed by atoms with E-state index in [0.29, 0.717) is 18.3 Å². The molecule has 15 heavy (non-hydrogen) atoms. The Morgan fingerprint density at radius 2 is 2.20 bits per heavy atom. The van der Waals surface area contributed by atoms with E-state index in [1.54, 1.807) is 7.11 Å². The summed E-state index contributed by atoms with van der Waals surface area (Å²) in [4.78, 5) is 4.40. The van der Waals surface area contributed by atoms with Crippen molar-refractivity contribution in [2.24, 2.45) is 10.7 Å². The molecule has 1 aromatic carbocycles. The number of aliphatic imine (C=N–C) groups is 1. The quantitative estimate of drug-likeness (QED) is 0.600. The average Bonchev–Trinajstić information content (AvgIpc) is 3.02. The van der Waals surface area contributed by atoms with Crippen molar-refractivity contribution >= 4 is 5.84 Å². The summed E-state index contributed by atoms with van der Waals surface area (Å²) in [7, 11) is 1.67. The first-order valence-corrected chi connectivity index (χ1v) is 5.23. The number of hydrogen-bond donors (Lipinski definition) is 1. The van der Waals surface area contributed by atoms with Crippen LogP contribution in [0.3, 0.4) is 0 Å². The molecule has 1 aromatic rings. The largest absolute Gasteiger partial charge is 0.496 e. The van der Waals surface area contributed by atoms with Gasteiger partial charge in [-0.05, 0) is 18.9 Å². The van der Waals surface area contributed by atoms with E-state index in [1.165, 1.54) is 12.8 Å². The van der Waals surface area contributed by atoms with Gasteiger partial charge < -0.3 is 10.5 Å². The van der Waals surface area contributed by atoms with Crippen molar-refractivity contribution in [1.82, 2.24) is 0 Å². The molecule has 1 aliphatic carbocycles. The molecular weight excluding hydrogens is 188 g/mol. The van der Waals surface area contributed by atoms with E-state index < -0.39 is 0 Å². The van der Waals surface area contributed by atoms with Crippen LogP contribution in [0.25, 0.3) is 0 Å². The molecule has 0 heterocycles. The zero-order valence-electron chi connectivity index (χ0n) is 8.94. The highest BCUT2D eigenvalue weighted by Gasteiger charge is 2.20.